The van der Waals surface area contributed by atoms with E-state index in [2.05, 4.69) is 0 Å². The van der Waals surface area contributed by atoms with Gasteiger partial charge in [-0.25, -0.2) is 0 Å². The summed E-state index contributed by atoms with van der Waals surface area (Å²) >= 11 is 0. The summed E-state index contributed by atoms with van der Waals surface area (Å²) < 4.78 is 9.86. The van der Waals surface area contributed by atoms with Crippen LogP contribution in [0, 0.1) is 5.92 Å². The molecular weight excluding hydrogens is 232 g/mol. The zero-order valence-electron chi connectivity index (χ0n) is 11.3. The van der Waals surface area contributed by atoms with Gasteiger partial charge in [-0.3, -0.25) is 4.79 Å². The third-order valence-corrected chi connectivity index (χ3v) is 3.23. The maximum atomic E-state index is 11.7. The molecule has 0 saturated carbocycles. The number of rotatable bonds is 5. The molecule has 0 aliphatic rings. The molecule has 18 heavy (non-hydrogen) atoms. The lowest BCUT2D eigenvalue weighted by Crippen LogP contribution is -2.37. The van der Waals surface area contributed by atoms with Crippen molar-refractivity contribution in [1.82, 2.24) is 0 Å². The van der Waals surface area contributed by atoms with Crippen LogP contribution < -0.4 is 4.74 Å². The van der Waals surface area contributed by atoms with E-state index in [1.807, 2.05) is 6.92 Å². The summed E-state index contributed by atoms with van der Waals surface area (Å²) in [6.45, 7) is 3.46. The highest BCUT2D eigenvalue weighted by Gasteiger charge is 2.38. The van der Waals surface area contributed by atoms with Crippen molar-refractivity contribution in [3.63, 3.8) is 0 Å². The third kappa shape index (κ3) is 2.82. The zero-order chi connectivity index (χ0) is 13.8. The van der Waals surface area contributed by atoms with Crippen LogP contribution in [0.15, 0.2) is 24.3 Å². The number of carbonyl (C=O) groups is 1. The van der Waals surface area contributed by atoms with Crippen molar-refractivity contribution in [2.75, 3.05) is 14.2 Å². The molecule has 0 aromatic heterocycles. The van der Waals surface area contributed by atoms with Gasteiger partial charge in [0.15, 0.2) is 0 Å². The number of esters is 1. The molecule has 1 N–H and O–H groups in total. The Balaban J connectivity index is 3.13. The van der Waals surface area contributed by atoms with Crippen LogP contribution in [0.25, 0.3) is 0 Å². The Morgan fingerprint density at radius 2 is 2.11 bits per heavy atom. The fraction of sp³-hybridized carbons (Fsp3) is 0.500. The maximum Gasteiger partial charge on any atom is 0.311 e. The van der Waals surface area contributed by atoms with E-state index in [9.17, 15) is 9.90 Å². The van der Waals surface area contributed by atoms with Gasteiger partial charge in [0.2, 0.25) is 0 Å². The first kappa shape index (κ1) is 14.5. The first-order valence-corrected chi connectivity index (χ1v) is 5.92. The molecule has 4 nitrogen and oxygen atoms in total. The van der Waals surface area contributed by atoms with Gasteiger partial charge in [-0.15, -0.1) is 0 Å². The smallest absolute Gasteiger partial charge is 0.311 e. The Morgan fingerprint density at radius 1 is 1.44 bits per heavy atom. The number of carbonyl (C=O) groups excluding carboxylic acids is 1. The molecule has 0 saturated heterocycles. The average Bonchev–Trinajstić information content (AvgIpc) is 2.39. The van der Waals surface area contributed by atoms with E-state index in [1.54, 1.807) is 38.3 Å². The highest BCUT2D eigenvalue weighted by atomic mass is 16.5. The van der Waals surface area contributed by atoms with Crippen molar-refractivity contribution in [2.24, 2.45) is 5.92 Å². The summed E-state index contributed by atoms with van der Waals surface area (Å²) in [5.74, 6) is -0.368. The van der Waals surface area contributed by atoms with Crippen LogP contribution in [0.5, 0.6) is 5.75 Å². The van der Waals surface area contributed by atoms with Crippen LogP contribution in [0.4, 0.5) is 0 Å². The van der Waals surface area contributed by atoms with E-state index >= 15 is 0 Å². The molecule has 1 rings (SSSR count). The van der Waals surface area contributed by atoms with E-state index in [-0.39, 0.29) is 0 Å². The minimum atomic E-state index is -1.28. The molecule has 0 aliphatic heterocycles. The van der Waals surface area contributed by atoms with Gasteiger partial charge in [-0.1, -0.05) is 19.1 Å². The van der Waals surface area contributed by atoms with Crippen LogP contribution in [0.3, 0.4) is 0 Å². The van der Waals surface area contributed by atoms with Gasteiger partial charge in [0.05, 0.1) is 20.1 Å². The summed E-state index contributed by atoms with van der Waals surface area (Å²) in [6, 6.07) is 7.07. The summed E-state index contributed by atoms with van der Waals surface area (Å²) in [5, 5.41) is 10.6. The second kappa shape index (κ2) is 5.87. The second-order valence-corrected chi connectivity index (χ2v) is 4.36. The first-order chi connectivity index (χ1) is 8.47. The summed E-state index contributed by atoms with van der Waals surface area (Å²) in [6.07, 6.45) is 0.497. The lowest BCUT2D eigenvalue weighted by molar-refractivity contribution is -0.155. The van der Waals surface area contributed by atoms with Gasteiger partial charge in [-0.2, -0.15) is 0 Å². The van der Waals surface area contributed by atoms with Crippen LogP contribution in [0.2, 0.25) is 0 Å². The SMILES string of the molecule is CCC(C(=O)OC)C(C)(O)c1cccc(OC)c1. The summed E-state index contributed by atoms with van der Waals surface area (Å²) in [5.41, 5.74) is -0.643. The fourth-order valence-electron chi connectivity index (χ4n) is 2.07. The molecule has 0 radical (unpaired) electrons. The number of hydrogen-bond acceptors (Lipinski definition) is 4. The lowest BCUT2D eigenvalue weighted by atomic mass is 9.81. The molecule has 0 spiro atoms. The van der Waals surface area contributed by atoms with E-state index in [0.717, 1.165) is 0 Å². The Hall–Kier alpha value is -1.55. The van der Waals surface area contributed by atoms with Crippen LogP contribution in [-0.2, 0) is 15.1 Å². The van der Waals surface area contributed by atoms with Gasteiger partial charge < -0.3 is 14.6 Å². The Labute approximate surface area is 108 Å². The molecule has 100 valence electrons. The van der Waals surface area contributed by atoms with Crippen LogP contribution >= 0.6 is 0 Å². The van der Waals surface area contributed by atoms with Crippen LogP contribution in [0.1, 0.15) is 25.8 Å². The van der Waals surface area contributed by atoms with Gasteiger partial charge in [-0.05, 0) is 31.0 Å². The fourth-order valence-corrected chi connectivity index (χ4v) is 2.07. The van der Waals surface area contributed by atoms with Crippen molar-refractivity contribution in [1.29, 1.82) is 0 Å². The molecule has 2 unspecified atom stereocenters. The van der Waals surface area contributed by atoms with Crippen molar-refractivity contribution < 1.29 is 19.4 Å². The molecule has 0 aliphatic carbocycles. The van der Waals surface area contributed by atoms with E-state index in [1.165, 1.54) is 7.11 Å². The predicted molar refractivity (Wildman–Crippen MR) is 68.4 cm³/mol. The molecular formula is C14H20O4. The standard InChI is InChI=1S/C14H20O4/c1-5-12(13(15)18-4)14(2,16)10-7-6-8-11(9-10)17-3/h6-9,12,16H,5H2,1-4H3. The van der Waals surface area contributed by atoms with E-state index < -0.39 is 17.5 Å². The molecule has 0 fully saturated rings. The first-order valence-electron chi connectivity index (χ1n) is 5.92. The molecule has 1 aromatic carbocycles. The molecule has 0 bridgehead atoms. The molecule has 0 heterocycles. The van der Waals surface area contributed by atoms with E-state index in [4.69, 9.17) is 9.47 Å². The number of aliphatic hydroxyl groups is 1. The molecule has 4 heteroatoms. The van der Waals surface area contributed by atoms with Gasteiger partial charge in [0.25, 0.3) is 0 Å². The zero-order valence-corrected chi connectivity index (χ0v) is 11.3. The maximum absolute atomic E-state index is 11.7. The normalized spacial score (nSPS) is 15.6. The quantitative estimate of drug-likeness (QED) is 0.815. The van der Waals surface area contributed by atoms with Crippen molar-refractivity contribution in [3.05, 3.63) is 29.8 Å². The topological polar surface area (TPSA) is 55.8 Å². The minimum absolute atomic E-state index is 0.412. The van der Waals surface area contributed by atoms with E-state index in [0.29, 0.717) is 17.7 Å². The minimum Gasteiger partial charge on any atom is -0.497 e. The van der Waals surface area contributed by atoms with Crippen LogP contribution in [-0.4, -0.2) is 25.3 Å². The molecule has 0 amide bonds. The Morgan fingerprint density at radius 3 is 2.61 bits per heavy atom. The summed E-state index contributed by atoms with van der Waals surface area (Å²) in [4.78, 5) is 11.7. The highest BCUT2D eigenvalue weighted by molar-refractivity contribution is 5.74. The second-order valence-electron chi connectivity index (χ2n) is 4.36. The van der Waals surface area contributed by atoms with Gasteiger partial charge in [0.1, 0.15) is 11.4 Å². The molecule has 2 atom stereocenters. The average molecular weight is 252 g/mol. The monoisotopic (exact) mass is 252 g/mol. The molecule has 1 aromatic rings. The summed E-state index contributed by atoms with van der Waals surface area (Å²) in [7, 11) is 2.89. The number of hydrogen-bond donors (Lipinski definition) is 1. The number of benzene rings is 1. The Bertz CT molecular complexity index is 412. The number of methoxy groups -OCH3 is 2. The highest BCUT2D eigenvalue weighted by Crippen LogP contribution is 2.33. The Kier molecular flexibility index (Phi) is 4.73. The lowest BCUT2D eigenvalue weighted by Gasteiger charge is -2.31. The van der Waals surface area contributed by atoms with Gasteiger partial charge >= 0.3 is 5.97 Å². The van der Waals surface area contributed by atoms with Gasteiger partial charge in [0, 0.05) is 0 Å². The van der Waals surface area contributed by atoms with Crippen molar-refractivity contribution >= 4 is 5.97 Å². The number of ether oxygens (including phenoxy) is 2. The predicted octanol–water partition coefficient (Wildman–Crippen LogP) is 2.10. The third-order valence-electron chi connectivity index (χ3n) is 3.23. The van der Waals surface area contributed by atoms with Crippen molar-refractivity contribution in [3.8, 4) is 5.75 Å². The largest absolute Gasteiger partial charge is 0.497 e. The van der Waals surface area contributed by atoms with Crippen molar-refractivity contribution in [2.45, 2.75) is 25.9 Å².